The molecule has 2 rings (SSSR count). The number of fused-ring (bicyclic) bond motifs is 1. The molecule has 6 nitrogen and oxygen atoms in total. The molecule has 124 valence electrons. The summed E-state index contributed by atoms with van der Waals surface area (Å²) in [5.74, 6) is 4.89. The first-order chi connectivity index (χ1) is 11.5. The second kappa shape index (κ2) is 8.09. The number of benzene rings is 1. The molecule has 0 radical (unpaired) electrons. The molecule has 0 aliphatic rings. The summed E-state index contributed by atoms with van der Waals surface area (Å²) in [6.07, 6.45) is 2.49. The minimum absolute atomic E-state index is 0.206. The van der Waals surface area contributed by atoms with Crippen molar-refractivity contribution in [3.05, 3.63) is 42.1 Å². The topological polar surface area (TPSA) is 84.2 Å². The third-order valence-corrected chi connectivity index (χ3v) is 3.32. The first kappa shape index (κ1) is 17.4. The Morgan fingerprint density at radius 1 is 1.46 bits per heavy atom. The Hall–Kier alpha value is -2.91. The van der Waals surface area contributed by atoms with Gasteiger partial charge in [0, 0.05) is 37.4 Å². The molecule has 0 saturated heterocycles. The number of aliphatic carboxylic acids is 1. The fraction of sp³-hybridized carbons (Fsp3) is 0.278. The molecule has 0 amide bonds. The van der Waals surface area contributed by atoms with Crippen LogP contribution in [-0.4, -0.2) is 39.7 Å². The van der Waals surface area contributed by atoms with Crippen molar-refractivity contribution in [2.24, 2.45) is 0 Å². The molecule has 6 heteroatoms. The monoisotopic (exact) mass is 325 g/mol. The van der Waals surface area contributed by atoms with Crippen LogP contribution < -0.4 is 5.32 Å². The van der Waals surface area contributed by atoms with Crippen molar-refractivity contribution in [2.45, 2.75) is 19.9 Å². The highest BCUT2D eigenvalue weighted by Crippen LogP contribution is 2.20. The minimum Gasteiger partial charge on any atom is -0.480 e. The van der Waals surface area contributed by atoms with Gasteiger partial charge in [0.25, 0.3) is 0 Å². The lowest BCUT2D eigenvalue weighted by Crippen LogP contribution is -2.13. The molecule has 0 aliphatic heterocycles. The van der Waals surface area contributed by atoms with Crippen LogP contribution in [0.3, 0.4) is 0 Å². The van der Waals surface area contributed by atoms with Crippen molar-refractivity contribution in [3.63, 3.8) is 0 Å². The molecule has 0 atom stereocenters. The Bertz CT molecular complexity index is 840. The Labute approximate surface area is 140 Å². The normalized spacial score (nSPS) is 10.2. The van der Waals surface area contributed by atoms with Gasteiger partial charge in [0.05, 0.1) is 5.52 Å². The van der Waals surface area contributed by atoms with Gasteiger partial charge in [0.15, 0.2) is 5.78 Å². The number of carboxylic acid groups (broad SMARTS) is 1. The largest absolute Gasteiger partial charge is 0.480 e. The summed E-state index contributed by atoms with van der Waals surface area (Å²) in [4.78, 5) is 22.7. The highest BCUT2D eigenvalue weighted by atomic mass is 16.4. The van der Waals surface area contributed by atoms with Gasteiger partial charge in [-0.1, -0.05) is 17.9 Å². The number of rotatable bonds is 7. The number of hydrogen-bond donors (Lipinski definition) is 2. The van der Waals surface area contributed by atoms with E-state index in [0.717, 1.165) is 18.7 Å². The fourth-order valence-electron chi connectivity index (χ4n) is 2.29. The van der Waals surface area contributed by atoms with Gasteiger partial charge in [-0.05, 0) is 18.2 Å². The lowest BCUT2D eigenvalue weighted by atomic mass is 10.1. The average molecular weight is 325 g/mol. The van der Waals surface area contributed by atoms with E-state index in [2.05, 4.69) is 28.8 Å². The number of hydrogen-bond acceptors (Lipinski definition) is 4. The Kier molecular flexibility index (Phi) is 5.88. The molecule has 1 aromatic carbocycles. The predicted octanol–water partition coefficient (Wildman–Crippen LogP) is 1.84. The van der Waals surface area contributed by atoms with Crippen molar-refractivity contribution in [2.75, 3.05) is 13.1 Å². The lowest BCUT2D eigenvalue weighted by molar-refractivity contribution is -0.137. The molecule has 2 aromatic rings. The van der Waals surface area contributed by atoms with E-state index >= 15 is 0 Å². The van der Waals surface area contributed by atoms with E-state index in [1.54, 1.807) is 24.3 Å². The minimum atomic E-state index is -1.01. The van der Waals surface area contributed by atoms with E-state index in [1.165, 1.54) is 11.6 Å². The van der Waals surface area contributed by atoms with Crippen molar-refractivity contribution >= 4 is 22.7 Å². The standard InChI is InChI=1S/C18H19N3O3/c1-3-9-19-10-5-4-6-14-7-8-16-15(11-14)18(13(2)22)20-21(16)12-17(23)24/h3,7-8,11,19H,1,5,9-10,12H2,2H3,(H,23,24). The van der Waals surface area contributed by atoms with Gasteiger partial charge < -0.3 is 10.4 Å². The van der Waals surface area contributed by atoms with Crippen molar-refractivity contribution in [1.82, 2.24) is 15.1 Å². The molecule has 1 heterocycles. The summed E-state index contributed by atoms with van der Waals surface area (Å²) >= 11 is 0. The van der Waals surface area contributed by atoms with E-state index in [1.807, 2.05) is 0 Å². The zero-order chi connectivity index (χ0) is 17.5. The number of nitrogens with one attached hydrogen (secondary N) is 1. The second-order valence-corrected chi connectivity index (χ2v) is 5.23. The number of Topliss-reactive ketones (excluding diaryl/α,β-unsaturated/α-hetero) is 1. The smallest absolute Gasteiger partial charge is 0.325 e. The van der Waals surface area contributed by atoms with E-state index in [-0.39, 0.29) is 18.0 Å². The van der Waals surface area contributed by atoms with Gasteiger partial charge in [-0.3, -0.25) is 14.3 Å². The van der Waals surface area contributed by atoms with Crippen molar-refractivity contribution in [3.8, 4) is 11.8 Å². The van der Waals surface area contributed by atoms with Crippen molar-refractivity contribution < 1.29 is 14.7 Å². The van der Waals surface area contributed by atoms with E-state index in [0.29, 0.717) is 17.3 Å². The Morgan fingerprint density at radius 3 is 2.92 bits per heavy atom. The molecule has 0 unspecified atom stereocenters. The van der Waals surface area contributed by atoms with Crippen LogP contribution in [-0.2, 0) is 11.3 Å². The number of aromatic nitrogens is 2. The molecule has 24 heavy (non-hydrogen) atoms. The predicted molar refractivity (Wildman–Crippen MR) is 91.9 cm³/mol. The maximum absolute atomic E-state index is 11.8. The second-order valence-electron chi connectivity index (χ2n) is 5.23. The molecule has 0 bridgehead atoms. The summed E-state index contributed by atoms with van der Waals surface area (Å²) in [6.45, 7) is 6.27. The molecular weight excluding hydrogens is 306 g/mol. The number of carbonyl (C=O) groups excluding carboxylic acids is 1. The van der Waals surface area contributed by atoms with Crippen molar-refractivity contribution in [1.29, 1.82) is 0 Å². The van der Waals surface area contributed by atoms with Crippen LogP contribution in [0.5, 0.6) is 0 Å². The highest BCUT2D eigenvalue weighted by molar-refractivity contribution is 6.05. The lowest BCUT2D eigenvalue weighted by Gasteiger charge is -1.99. The van der Waals surface area contributed by atoms with E-state index in [9.17, 15) is 9.59 Å². The molecule has 0 fully saturated rings. The van der Waals surface area contributed by atoms with Crippen LogP contribution in [0.15, 0.2) is 30.9 Å². The summed E-state index contributed by atoms with van der Waals surface area (Å²) in [7, 11) is 0. The summed E-state index contributed by atoms with van der Waals surface area (Å²) in [6, 6.07) is 5.33. The van der Waals surface area contributed by atoms with Crippen LogP contribution >= 0.6 is 0 Å². The van der Waals surface area contributed by atoms with Crippen LogP contribution in [0.1, 0.15) is 29.4 Å². The average Bonchev–Trinajstić information content (AvgIpc) is 2.88. The maximum Gasteiger partial charge on any atom is 0.325 e. The molecule has 1 aromatic heterocycles. The number of carbonyl (C=O) groups is 2. The van der Waals surface area contributed by atoms with Crippen LogP contribution in [0.2, 0.25) is 0 Å². The summed E-state index contributed by atoms with van der Waals surface area (Å²) in [5, 5.41) is 16.9. The third-order valence-electron chi connectivity index (χ3n) is 3.32. The zero-order valence-corrected chi connectivity index (χ0v) is 13.5. The van der Waals surface area contributed by atoms with Crippen LogP contribution in [0.4, 0.5) is 0 Å². The molecular formula is C18H19N3O3. The van der Waals surface area contributed by atoms with Gasteiger partial charge in [-0.2, -0.15) is 5.10 Å². The molecule has 0 saturated carbocycles. The van der Waals surface area contributed by atoms with E-state index in [4.69, 9.17) is 5.11 Å². The number of carboxylic acids is 1. The van der Waals surface area contributed by atoms with Crippen LogP contribution in [0.25, 0.3) is 10.9 Å². The Balaban J connectivity index is 2.27. The van der Waals surface area contributed by atoms with Gasteiger partial charge in [0.2, 0.25) is 0 Å². The van der Waals surface area contributed by atoms with Crippen LogP contribution in [0, 0.1) is 11.8 Å². The number of ketones is 1. The number of nitrogens with zero attached hydrogens (tertiary/aromatic N) is 2. The Morgan fingerprint density at radius 2 is 2.25 bits per heavy atom. The molecule has 2 N–H and O–H groups in total. The zero-order valence-electron chi connectivity index (χ0n) is 13.5. The van der Waals surface area contributed by atoms with Gasteiger partial charge in [-0.15, -0.1) is 6.58 Å². The van der Waals surface area contributed by atoms with Gasteiger partial charge in [-0.25, -0.2) is 0 Å². The van der Waals surface area contributed by atoms with Gasteiger partial charge >= 0.3 is 5.97 Å². The highest BCUT2D eigenvalue weighted by Gasteiger charge is 2.15. The molecule has 0 spiro atoms. The SMILES string of the molecule is C=CCNCCC#Cc1ccc2c(c1)c(C(C)=O)nn2CC(=O)O. The maximum atomic E-state index is 11.8. The fourth-order valence-corrected chi connectivity index (χ4v) is 2.29. The summed E-state index contributed by atoms with van der Waals surface area (Å²) in [5.41, 5.74) is 1.65. The molecule has 0 aliphatic carbocycles. The quantitative estimate of drug-likeness (QED) is 0.351. The van der Waals surface area contributed by atoms with Gasteiger partial charge in [0.1, 0.15) is 12.2 Å². The summed E-state index contributed by atoms with van der Waals surface area (Å²) < 4.78 is 1.32. The van der Waals surface area contributed by atoms with E-state index < -0.39 is 5.97 Å². The third kappa shape index (κ3) is 4.31. The first-order valence-corrected chi connectivity index (χ1v) is 7.56. The first-order valence-electron chi connectivity index (χ1n) is 7.56.